The van der Waals surface area contributed by atoms with Gasteiger partial charge < -0.3 is 15.5 Å². The van der Waals surface area contributed by atoms with Crippen LogP contribution < -0.4 is 5.73 Å². The number of hydrogen-bond acceptors (Lipinski definition) is 3. The molecule has 0 bridgehead atoms. The van der Waals surface area contributed by atoms with E-state index < -0.39 is 0 Å². The van der Waals surface area contributed by atoms with Crippen LogP contribution in [0.4, 0.5) is 0 Å². The molecule has 2 N–H and O–H groups in total. The quantitative estimate of drug-likeness (QED) is 0.648. The topological polar surface area (TPSA) is 32.5 Å². The summed E-state index contributed by atoms with van der Waals surface area (Å²) in [5, 5.41) is 0. The SMILES string of the molecule is C=C(CN)N1CC2CN(C)CC2C1. The minimum atomic E-state index is 0.606. The lowest BCUT2D eigenvalue weighted by Gasteiger charge is -2.22. The summed E-state index contributed by atoms with van der Waals surface area (Å²) in [5.41, 5.74) is 6.69. The highest BCUT2D eigenvalue weighted by Gasteiger charge is 2.38. The van der Waals surface area contributed by atoms with Crippen molar-refractivity contribution in [1.29, 1.82) is 0 Å². The number of hydrogen-bond donors (Lipinski definition) is 1. The molecule has 2 heterocycles. The Morgan fingerprint density at radius 1 is 1.31 bits per heavy atom. The highest BCUT2D eigenvalue weighted by atomic mass is 15.2. The van der Waals surface area contributed by atoms with Gasteiger partial charge in [-0.3, -0.25) is 0 Å². The van der Waals surface area contributed by atoms with Crippen LogP contribution in [0.3, 0.4) is 0 Å². The van der Waals surface area contributed by atoms with Gasteiger partial charge in [-0.2, -0.15) is 0 Å². The molecule has 2 aliphatic heterocycles. The summed E-state index contributed by atoms with van der Waals surface area (Å²) in [6.45, 7) is 9.44. The minimum absolute atomic E-state index is 0.606. The summed E-state index contributed by atoms with van der Waals surface area (Å²) in [6.07, 6.45) is 0. The molecule has 2 unspecified atom stereocenters. The van der Waals surface area contributed by atoms with Crippen LogP contribution in [0.1, 0.15) is 0 Å². The van der Waals surface area contributed by atoms with Crippen molar-refractivity contribution in [1.82, 2.24) is 9.80 Å². The molecule has 0 aromatic carbocycles. The van der Waals surface area contributed by atoms with E-state index in [0.717, 1.165) is 17.5 Å². The third kappa shape index (κ3) is 1.58. The van der Waals surface area contributed by atoms with Gasteiger partial charge in [0.15, 0.2) is 0 Å². The van der Waals surface area contributed by atoms with E-state index in [9.17, 15) is 0 Å². The molecule has 0 aromatic heterocycles. The molecule has 13 heavy (non-hydrogen) atoms. The molecule has 2 fully saturated rings. The second-order valence-electron chi connectivity index (χ2n) is 4.42. The van der Waals surface area contributed by atoms with Crippen molar-refractivity contribution in [3.8, 4) is 0 Å². The average Bonchev–Trinajstić information content (AvgIpc) is 2.59. The highest BCUT2D eigenvalue weighted by Crippen LogP contribution is 2.31. The maximum atomic E-state index is 5.58. The van der Waals surface area contributed by atoms with Crippen LogP contribution in [0, 0.1) is 11.8 Å². The lowest BCUT2D eigenvalue weighted by molar-refractivity contribution is 0.320. The fourth-order valence-corrected chi connectivity index (χ4v) is 2.61. The molecular formula is C10H19N3. The van der Waals surface area contributed by atoms with Crippen molar-refractivity contribution in [2.75, 3.05) is 39.8 Å². The summed E-state index contributed by atoms with van der Waals surface area (Å²) < 4.78 is 0. The predicted octanol–water partition coefficient (Wildman–Crippen LogP) is -0.0478. The molecule has 2 rings (SSSR count). The molecule has 0 aliphatic carbocycles. The monoisotopic (exact) mass is 181 g/mol. The zero-order valence-corrected chi connectivity index (χ0v) is 8.37. The number of nitrogens with two attached hydrogens (primary N) is 1. The first-order chi connectivity index (χ1) is 6.20. The normalized spacial score (nSPS) is 33.8. The third-order valence-electron chi connectivity index (χ3n) is 3.35. The molecule has 3 nitrogen and oxygen atoms in total. The molecule has 2 atom stereocenters. The van der Waals surface area contributed by atoms with Crippen LogP contribution >= 0.6 is 0 Å². The Bertz CT molecular complexity index is 200. The average molecular weight is 181 g/mol. The van der Waals surface area contributed by atoms with Crippen LogP contribution in [0.5, 0.6) is 0 Å². The van der Waals surface area contributed by atoms with Gasteiger partial charge >= 0.3 is 0 Å². The van der Waals surface area contributed by atoms with Gasteiger partial charge in [-0.15, -0.1) is 0 Å². The number of likely N-dealkylation sites (tertiary alicyclic amines) is 2. The Kier molecular flexibility index (Phi) is 2.30. The minimum Gasteiger partial charge on any atom is -0.374 e. The first kappa shape index (κ1) is 9.03. The largest absolute Gasteiger partial charge is 0.374 e. The van der Waals surface area contributed by atoms with Crippen molar-refractivity contribution in [2.45, 2.75) is 0 Å². The second kappa shape index (κ2) is 3.31. The zero-order chi connectivity index (χ0) is 9.42. The van der Waals surface area contributed by atoms with Crippen LogP contribution in [-0.2, 0) is 0 Å². The first-order valence-electron chi connectivity index (χ1n) is 5.02. The van der Waals surface area contributed by atoms with E-state index >= 15 is 0 Å². The van der Waals surface area contributed by atoms with Crippen LogP contribution in [0.2, 0.25) is 0 Å². The smallest absolute Gasteiger partial charge is 0.0324 e. The van der Waals surface area contributed by atoms with Crippen LogP contribution in [0.15, 0.2) is 12.3 Å². The number of rotatable bonds is 2. The molecule has 0 aromatic rings. The molecule has 0 amide bonds. The van der Waals surface area contributed by atoms with Crippen molar-refractivity contribution in [3.63, 3.8) is 0 Å². The lowest BCUT2D eigenvalue weighted by atomic mass is 10.0. The molecule has 0 radical (unpaired) electrons. The van der Waals surface area contributed by atoms with Crippen LogP contribution in [-0.4, -0.2) is 49.6 Å². The molecule has 0 spiro atoms. The summed E-state index contributed by atoms with van der Waals surface area (Å²) in [4.78, 5) is 4.79. The molecular weight excluding hydrogens is 162 g/mol. The van der Waals surface area contributed by atoms with Crippen molar-refractivity contribution in [2.24, 2.45) is 17.6 Å². The lowest BCUT2D eigenvalue weighted by Crippen LogP contribution is -2.28. The van der Waals surface area contributed by atoms with E-state index in [-0.39, 0.29) is 0 Å². The van der Waals surface area contributed by atoms with E-state index in [4.69, 9.17) is 5.73 Å². The fourth-order valence-electron chi connectivity index (χ4n) is 2.61. The summed E-state index contributed by atoms with van der Waals surface area (Å²) in [6, 6.07) is 0. The maximum absolute atomic E-state index is 5.58. The Morgan fingerprint density at radius 3 is 2.31 bits per heavy atom. The molecule has 2 saturated heterocycles. The standard InChI is InChI=1S/C10H19N3/c1-8(3-11)13-6-9-4-12(2)5-10(9)7-13/h9-10H,1,3-7,11H2,2H3. The van der Waals surface area contributed by atoms with E-state index in [2.05, 4.69) is 23.4 Å². The van der Waals surface area contributed by atoms with Gasteiger partial charge in [0.25, 0.3) is 0 Å². The van der Waals surface area contributed by atoms with Gasteiger partial charge in [0.1, 0.15) is 0 Å². The Labute approximate surface area is 80.2 Å². The molecule has 0 saturated carbocycles. The molecule has 3 heteroatoms. The highest BCUT2D eigenvalue weighted by molar-refractivity contribution is 5.03. The maximum Gasteiger partial charge on any atom is 0.0324 e. The van der Waals surface area contributed by atoms with Gasteiger partial charge in [-0.1, -0.05) is 6.58 Å². The molecule has 2 aliphatic rings. The van der Waals surface area contributed by atoms with E-state index in [1.54, 1.807) is 0 Å². The zero-order valence-electron chi connectivity index (χ0n) is 8.37. The molecule has 74 valence electrons. The van der Waals surface area contributed by atoms with Crippen molar-refractivity contribution in [3.05, 3.63) is 12.3 Å². The summed E-state index contributed by atoms with van der Waals surface area (Å²) in [7, 11) is 2.21. The summed E-state index contributed by atoms with van der Waals surface area (Å²) in [5.74, 6) is 1.71. The number of nitrogens with zero attached hydrogens (tertiary/aromatic N) is 2. The number of fused-ring (bicyclic) bond motifs is 1. The van der Waals surface area contributed by atoms with Gasteiger partial charge in [0.05, 0.1) is 0 Å². The van der Waals surface area contributed by atoms with Crippen molar-refractivity contribution >= 4 is 0 Å². The Balaban J connectivity index is 1.93. The van der Waals surface area contributed by atoms with E-state index in [0.29, 0.717) is 6.54 Å². The van der Waals surface area contributed by atoms with Gasteiger partial charge in [0.2, 0.25) is 0 Å². The van der Waals surface area contributed by atoms with E-state index in [1.807, 2.05) is 0 Å². The fraction of sp³-hybridized carbons (Fsp3) is 0.800. The Morgan fingerprint density at radius 2 is 1.85 bits per heavy atom. The Hall–Kier alpha value is -0.540. The van der Waals surface area contributed by atoms with Gasteiger partial charge in [-0.05, 0) is 18.9 Å². The first-order valence-corrected chi connectivity index (χ1v) is 5.02. The predicted molar refractivity (Wildman–Crippen MR) is 54.2 cm³/mol. The van der Waals surface area contributed by atoms with Crippen LogP contribution in [0.25, 0.3) is 0 Å². The van der Waals surface area contributed by atoms with Crippen molar-refractivity contribution < 1.29 is 0 Å². The third-order valence-corrected chi connectivity index (χ3v) is 3.35. The van der Waals surface area contributed by atoms with Gasteiger partial charge in [0, 0.05) is 38.4 Å². The summed E-state index contributed by atoms with van der Waals surface area (Å²) >= 11 is 0. The van der Waals surface area contributed by atoms with Gasteiger partial charge in [-0.25, -0.2) is 0 Å². The second-order valence-corrected chi connectivity index (χ2v) is 4.42. The van der Waals surface area contributed by atoms with E-state index in [1.165, 1.54) is 26.2 Å².